The Hall–Kier alpha value is -0.150. The van der Waals surface area contributed by atoms with Gasteiger partial charge in [0.15, 0.2) is 5.78 Å². The first-order chi connectivity index (χ1) is 8.27. The molecule has 18 heavy (non-hydrogen) atoms. The van der Waals surface area contributed by atoms with E-state index in [1.807, 2.05) is 6.92 Å². The summed E-state index contributed by atoms with van der Waals surface area (Å²) in [5.41, 5.74) is -1.19. The summed E-state index contributed by atoms with van der Waals surface area (Å²) in [6.45, 7) is 8.59. The quantitative estimate of drug-likeness (QED) is 0.547. The highest BCUT2D eigenvalue weighted by atomic mass is 79.9. The molecule has 0 radical (unpaired) electrons. The normalized spacial score (nSPS) is 54.2. The van der Waals surface area contributed by atoms with E-state index in [4.69, 9.17) is 4.74 Å². The minimum atomic E-state index is -0.464. The first-order valence-corrected chi connectivity index (χ1v) is 7.77. The zero-order valence-electron chi connectivity index (χ0n) is 11.5. The third-order valence-electron chi connectivity index (χ3n) is 5.50. The molecule has 0 aromatic rings. The van der Waals surface area contributed by atoms with Crippen molar-refractivity contribution in [1.82, 2.24) is 0 Å². The standard InChI is InChI=1S/C15H21BrO2/c1-9(2)10-5-6-13(3)12(17)11(16)14(4)7-8-15(10,13)18-14/h7-11H,5-6H2,1-4H3/t10-,11+,13+,14+,15+/m1/s1. The number of rotatable bonds is 1. The Labute approximate surface area is 117 Å². The van der Waals surface area contributed by atoms with Crippen LogP contribution in [-0.4, -0.2) is 21.8 Å². The van der Waals surface area contributed by atoms with Crippen molar-refractivity contribution in [2.24, 2.45) is 17.3 Å². The first kappa shape index (κ1) is 12.9. The molecule has 1 saturated heterocycles. The van der Waals surface area contributed by atoms with Crippen molar-refractivity contribution in [3.05, 3.63) is 12.2 Å². The average Bonchev–Trinajstić information content (AvgIpc) is 2.78. The van der Waals surface area contributed by atoms with Crippen LogP contribution in [0, 0.1) is 17.3 Å². The lowest BCUT2D eigenvalue weighted by Gasteiger charge is -2.51. The summed E-state index contributed by atoms with van der Waals surface area (Å²) >= 11 is 3.56. The Bertz CT molecular complexity index is 444. The minimum absolute atomic E-state index is 0.215. The number of fused-ring (bicyclic) bond motifs is 1. The molecule has 3 heteroatoms. The van der Waals surface area contributed by atoms with Crippen LogP contribution in [0.1, 0.15) is 40.5 Å². The van der Waals surface area contributed by atoms with E-state index in [0.717, 1.165) is 12.8 Å². The van der Waals surface area contributed by atoms with Gasteiger partial charge in [-0.1, -0.05) is 41.9 Å². The number of carbonyl (C=O) groups excluding carboxylic acids is 1. The molecule has 0 unspecified atom stereocenters. The van der Waals surface area contributed by atoms with Gasteiger partial charge in [0, 0.05) is 0 Å². The molecule has 0 aromatic heterocycles. The maximum atomic E-state index is 12.8. The van der Waals surface area contributed by atoms with Crippen LogP contribution in [0.15, 0.2) is 12.2 Å². The van der Waals surface area contributed by atoms with E-state index in [9.17, 15) is 4.79 Å². The Balaban J connectivity index is 2.15. The lowest BCUT2D eigenvalue weighted by atomic mass is 9.66. The van der Waals surface area contributed by atoms with Crippen molar-refractivity contribution < 1.29 is 9.53 Å². The van der Waals surface area contributed by atoms with Crippen LogP contribution in [0.2, 0.25) is 0 Å². The van der Waals surface area contributed by atoms with Crippen LogP contribution in [0.3, 0.4) is 0 Å². The number of ketones is 1. The fourth-order valence-electron chi connectivity index (χ4n) is 4.30. The third kappa shape index (κ3) is 1.21. The lowest BCUT2D eigenvalue weighted by molar-refractivity contribution is -0.191. The second-order valence-electron chi connectivity index (χ2n) is 6.86. The van der Waals surface area contributed by atoms with Gasteiger partial charge in [-0.05, 0) is 38.5 Å². The van der Waals surface area contributed by atoms with Gasteiger partial charge in [-0.3, -0.25) is 4.79 Å². The maximum Gasteiger partial charge on any atom is 0.158 e. The molecule has 3 aliphatic rings. The van der Waals surface area contributed by atoms with E-state index in [1.54, 1.807) is 0 Å². The number of hydrogen-bond acceptors (Lipinski definition) is 2. The molecule has 2 bridgehead atoms. The van der Waals surface area contributed by atoms with Crippen LogP contribution in [0.25, 0.3) is 0 Å². The zero-order valence-corrected chi connectivity index (χ0v) is 13.1. The van der Waals surface area contributed by atoms with Gasteiger partial charge in [-0.25, -0.2) is 0 Å². The van der Waals surface area contributed by atoms with Gasteiger partial charge in [0.05, 0.1) is 5.41 Å². The largest absolute Gasteiger partial charge is 0.358 e. The monoisotopic (exact) mass is 312 g/mol. The molecule has 2 heterocycles. The second-order valence-corrected chi connectivity index (χ2v) is 7.78. The molecule has 100 valence electrons. The van der Waals surface area contributed by atoms with Crippen molar-refractivity contribution in [2.75, 3.05) is 0 Å². The van der Waals surface area contributed by atoms with Crippen molar-refractivity contribution in [2.45, 2.75) is 56.6 Å². The highest BCUT2D eigenvalue weighted by Crippen LogP contribution is 2.64. The number of alkyl halides is 1. The van der Waals surface area contributed by atoms with Gasteiger partial charge in [0.25, 0.3) is 0 Å². The Kier molecular flexibility index (Phi) is 2.49. The number of halogens is 1. The molecule has 0 aromatic carbocycles. The summed E-state index contributed by atoms with van der Waals surface area (Å²) in [6, 6.07) is 0. The number of ether oxygens (including phenoxy) is 1. The molecular weight excluding hydrogens is 292 g/mol. The summed E-state index contributed by atoms with van der Waals surface area (Å²) in [5, 5.41) is 0. The fraction of sp³-hybridized carbons (Fsp3) is 0.800. The predicted molar refractivity (Wildman–Crippen MR) is 74.8 cm³/mol. The Morgan fingerprint density at radius 2 is 2.06 bits per heavy atom. The molecule has 1 aliphatic carbocycles. The smallest absolute Gasteiger partial charge is 0.158 e. The summed E-state index contributed by atoms with van der Waals surface area (Å²) < 4.78 is 6.48. The molecule has 2 aliphatic heterocycles. The van der Waals surface area contributed by atoms with Gasteiger partial charge in [0.2, 0.25) is 0 Å². The third-order valence-corrected chi connectivity index (χ3v) is 6.83. The van der Waals surface area contributed by atoms with Crippen LogP contribution < -0.4 is 0 Å². The fourth-order valence-corrected chi connectivity index (χ4v) is 5.05. The zero-order chi connectivity index (χ0) is 13.3. The minimum Gasteiger partial charge on any atom is -0.358 e. The highest BCUT2D eigenvalue weighted by Gasteiger charge is 2.71. The number of hydrogen-bond donors (Lipinski definition) is 0. The summed E-state index contributed by atoms with van der Waals surface area (Å²) in [5.74, 6) is 1.31. The van der Waals surface area contributed by atoms with Crippen molar-refractivity contribution in [3.63, 3.8) is 0 Å². The number of carbonyl (C=O) groups is 1. The van der Waals surface area contributed by atoms with Gasteiger partial charge >= 0.3 is 0 Å². The summed E-state index contributed by atoms with van der Waals surface area (Å²) in [7, 11) is 0. The molecule has 2 fully saturated rings. The SMILES string of the molecule is CC(C)[C@H]1CC[C@@]2(C)C(=O)[C@H](Br)[C@]3(C)C=C[C@]12O3. The summed E-state index contributed by atoms with van der Waals surface area (Å²) in [6.07, 6.45) is 6.33. The lowest BCUT2D eigenvalue weighted by Crippen LogP contribution is -2.63. The van der Waals surface area contributed by atoms with E-state index in [0.29, 0.717) is 17.6 Å². The topological polar surface area (TPSA) is 26.3 Å². The second kappa shape index (κ2) is 3.49. The Morgan fingerprint density at radius 3 is 2.67 bits per heavy atom. The van der Waals surface area contributed by atoms with E-state index in [2.05, 4.69) is 48.9 Å². The van der Waals surface area contributed by atoms with Crippen molar-refractivity contribution in [3.8, 4) is 0 Å². The van der Waals surface area contributed by atoms with Crippen LogP contribution in [0.4, 0.5) is 0 Å². The molecule has 1 saturated carbocycles. The van der Waals surface area contributed by atoms with Crippen molar-refractivity contribution >= 4 is 21.7 Å². The molecule has 0 amide bonds. The first-order valence-electron chi connectivity index (χ1n) is 6.86. The van der Waals surface area contributed by atoms with E-state index in [-0.39, 0.29) is 15.8 Å². The number of Topliss-reactive ketones (excluding diaryl/α,β-unsaturated/α-hetero) is 1. The Morgan fingerprint density at radius 1 is 1.39 bits per heavy atom. The van der Waals surface area contributed by atoms with Crippen LogP contribution in [0.5, 0.6) is 0 Å². The van der Waals surface area contributed by atoms with Gasteiger partial charge in [0.1, 0.15) is 16.0 Å². The molecule has 3 rings (SSSR count). The molecule has 5 atom stereocenters. The van der Waals surface area contributed by atoms with Crippen LogP contribution >= 0.6 is 15.9 Å². The molecule has 0 N–H and O–H groups in total. The summed E-state index contributed by atoms with van der Waals surface area (Å²) in [4.78, 5) is 12.6. The van der Waals surface area contributed by atoms with Gasteiger partial charge < -0.3 is 4.74 Å². The van der Waals surface area contributed by atoms with E-state index < -0.39 is 5.60 Å². The molecule has 1 spiro atoms. The molecular formula is C15H21BrO2. The van der Waals surface area contributed by atoms with Crippen molar-refractivity contribution in [1.29, 1.82) is 0 Å². The predicted octanol–water partition coefficient (Wildman–Crippen LogP) is 3.49. The van der Waals surface area contributed by atoms with Gasteiger partial charge in [-0.15, -0.1) is 0 Å². The maximum absolute atomic E-state index is 12.8. The van der Waals surface area contributed by atoms with E-state index >= 15 is 0 Å². The van der Waals surface area contributed by atoms with Gasteiger partial charge in [-0.2, -0.15) is 0 Å². The van der Waals surface area contributed by atoms with E-state index in [1.165, 1.54) is 0 Å². The van der Waals surface area contributed by atoms with Crippen LogP contribution in [-0.2, 0) is 9.53 Å². The molecule has 2 nitrogen and oxygen atoms in total. The highest BCUT2D eigenvalue weighted by molar-refractivity contribution is 9.10. The average molecular weight is 313 g/mol.